The summed E-state index contributed by atoms with van der Waals surface area (Å²) in [7, 11) is 0. The molecule has 0 radical (unpaired) electrons. The van der Waals surface area contributed by atoms with Gasteiger partial charge in [-0.05, 0) is 58.6 Å². The topological polar surface area (TPSA) is 123 Å². The Kier molecular flexibility index (Phi) is 8.88. The normalized spacial score (nSPS) is 15.7. The van der Waals surface area contributed by atoms with Gasteiger partial charge >= 0.3 is 18.1 Å². The second kappa shape index (κ2) is 12.3. The highest BCUT2D eigenvalue weighted by Gasteiger charge is 2.37. The van der Waals surface area contributed by atoms with Crippen LogP contribution in [0.4, 0.5) is 9.59 Å². The summed E-state index contributed by atoms with van der Waals surface area (Å²) in [6.07, 6.45) is 4.08. The van der Waals surface area contributed by atoms with E-state index in [0.717, 1.165) is 5.69 Å². The van der Waals surface area contributed by atoms with Gasteiger partial charge in [0.25, 0.3) is 5.91 Å². The van der Waals surface area contributed by atoms with Gasteiger partial charge in [-0.15, -0.1) is 0 Å². The summed E-state index contributed by atoms with van der Waals surface area (Å²) in [5.41, 5.74) is 0.813. The number of fused-ring (bicyclic) bond motifs is 1. The van der Waals surface area contributed by atoms with Crippen molar-refractivity contribution in [3.05, 3.63) is 53.6 Å². The van der Waals surface area contributed by atoms with E-state index in [2.05, 4.69) is 10.3 Å². The number of likely N-dealkylation sites (tertiary alicyclic amines) is 1. The van der Waals surface area contributed by atoms with Crippen molar-refractivity contribution in [2.45, 2.75) is 77.7 Å². The minimum Gasteiger partial charge on any atom is -0.457 e. The number of carbonyl (C=O) groups excluding carboxylic acids is 4. The standard InChI is InChI=1S/C28H37N5O6/c1-28(2,3)39-27(37)31-15-12-21(13-16-31)32-18-22-17-30-23(33(22)26(32)36)19-38-24(34)11-7-8-14-29-25(35)20-9-5-4-6-10-20/h4-6,9-10,17,21H,7-8,11-16,18-19H2,1-3H3,(H,29,35). The van der Waals surface area contributed by atoms with Gasteiger partial charge in [0, 0.05) is 37.7 Å². The van der Waals surface area contributed by atoms with E-state index < -0.39 is 5.60 Å². The zero-order valence-corrected chi connectivity index (χ0v) is 22.9. The van der Waals surface area contributed by atoms with Crippen LogP contribution in [-0.2, 0) is 27.4 Å². The third kappa shape index (κ3) is 7.36. The maximum absolute atomic E-state index is 13.2. The average Bonchev–Trinajstić information content (AvgIpc) is 3.46. The number of nitrogens with one attached hydrogen (secondary N) is 1. The third-order valence-corrected chi connectivity index (χ3v) is 6.73. The Morgan fingerprint density at radius 1 is 1.08 bits per heavy atom. The van der Waals surface area contributed by atoms with Crippen LogP contribution in [0.1, 0.15) is 74.8 Å². The zero-order chi connectivity index (χ0) is 28.0. The van der Waals surface area contributed by atoms with E-state index in [1.165, 1.54) is 4.57 Å². The largest absolute Gasteiger partial charge is 0.457 e. The molecule has 0 saturated carbocycles. The summed E-state index contributed by atoms with van der Waals surface area (Å²) in [6, 6.07) is 8.79. The van der Waals surface area contributed by atoms with Gasteiger partial charge in [-0.3, -0.25) is 9.59 Å². The van der Waals surface area contributed by atoms with Crippen LogP contribution in [0, 0.1) is 0 Å². The Bertz CT molecular complexity index is 1180. The molecule has 4 rings (SSSR count). The van der Waals surface area contributed by atoms with Crippen LogP contribution in [0.15, 0.2) is 36.5 Å². The fraction of sp³-hybridized carbons (Fsp3) is 0.536. The number of imidazole rings is 1. The number of benzene rings is 1. The first-order chi connectivity index (χ1) is 18.6. The lowest BCUT2D eigenvalue weighted by atomic mass is 10.0. The van der Waals surface area contributed by atoms with Gasteiger partial charge in [-0.25, -0.2) is 19.1 Å². The minimum absolute atomic E-state index is 0.00821. The first-order valence-electron chi connectivity index (χ1n) is 13.5. The van der Waals surface area contributed by atoms with Gasteiger partial charge < -0.3 is 24.6 Å². The van der Waals surface area contributed by atoms with Gasteiger partial charge in [0.2, 0.25) is 0 Å². The molecule has 1 aromatic carbocycles. The predicted octanol–water partition coefficient (Wildman–Crippen LogP) is 3.71. The molecule has 11 heteroatoms. The van der Waals surface area contributed by atoms with E-state index in [4.69, 9.17) is 9.47 Å². The van der Waals surface area contributed by atoms with Crippen molar-refractivity contribution in [3.8, 4) is 0 Å². The van der Waals surface area contributed by atoms with Crippen molar-refractivity contribution in [1.29, 1.82) is 0 Å². The van der Waals surface area contributed by atoms with Crippen LogP contribution < -0.4 is 5.32 Å². The molecule has 11 nitrogen and oxygen atoms in total. The molecule has 1 aromatic heterocycles. The second-order valence-corrected chi connectivity index (χ2v) is 10.8. The van der Waals surface area contributed by atoms with Crippen molar-refractivity contribution in [3.63, 3.8) is 0 Å². The van der Waals surface area contributed by atoms with Crippen LogP contribution in [0.3, 0.4) is 0 Å². The first kappa shape index (κ1) is 28.1. The molecule has 2 aliphatic heterocycles. The Hall–Kier alpha value is -3.89. The number of hydrogen-bond acceptors (Lipinski definition) is 7. The van der Waals surface area contributed by atoms with Gasteiger partial charge in [0.1, 0.15) is 12.2 Å². The number of aromatic nitrogens is 2. The summed E-state index contributed by atoms with van der Waals surface area (Å²) < 4.78 is 12.4. The molecule has 3 amide bonds. The van der Waals surface area contributed by atoms with Crippen LogP contribution in [-0.4, -0.2) is 74.6 Å². The quantitative estimate of drug-likeness (QED) is 0.381. The highest BCUT2D eigenvalue weighted by Crippen LogP contribution is 2.27. The van der Waals surface area contributed by atoms with E-state index in [1.807, 2.05) is 39.0 Å². The summed E-state index contributed by atoms with van der Waals surface area (Å²) >= 11 is 0. The molecule has 0 atom stereocenters. The molecule has 0 aliphatic carbocycles. The van der Waals surface area contributed by atoms with E-state index in [0.29, 0.717) is 63.3 Å². The van der Waals surface area contributed by atoms with E-state index in [1.54, 1.807) is 28.1 Å². The van der Waals surface area contributed by atoms with E-state index in [9.17, 15) is 19.2 Å². The van der Waals surface area contributed by atoms with Crippen molar-refractivity contribution in [1.82, 2.24) is 24.7 Å². The highest BCUT2D eigenvalue weighted by molar-refractivity contribution is 5.94. The summed E-state index contributed by atoms with van der Waals surface area (Å²) in [4.78, 5) is 57.6. The van der Waals surface area contributed by atoms with Crippen LogP contribution in [0.5, 0.6) is 0 Å². The first-order valence-corrected chi connectivity index (χ1v) is 13.5. The lowest BCUT2D eigenvalue weighted by Crippen LogP contribution is -2.48. The van der Waals surface area contributed by atoms with Gasteiger partial charge in [-0.1, -0.05) is 18.2 Å². The summed E-state index contributed by atoms with van der Waals surface area (Å²) in [5, 5.41) is 2.84. The molecule has 3 heterocycles. The molecule has 210 valence electrons. The molecule has 0 unspecified atom stereocenters. The van der Waals surface area contributed by atoms with Crippen molar-refractivity contribution >= 4 is 24.0 Å². The van der Waals surface area contributed by atoms with E-state index in [-0.39, 0.29) is 43.1 Å². The number of ether oxygens (including phenoxy) is 2. The number of esters is 1. The Morgan fingerprint density at radius 2 is 1.79 bits per heavy atom. The van der Waals surface area contributed by atoms with Gasteiger partial charge in [-0.2, -0.15) is 0 Å². The number of rotatable bonds is 9. The number of nitrogens with zero attached hydrogens (tertiary/aromatic N) is 4. The Labute approximate surface area is 228 Å². The number of hydrogen-bond donors (Lipinski definition) is 1. The van der Waals surface area contributed by atoms with Crippen LogP contribution in [0.25, 0.3) is 0 Å². The average molecular weight is 540 g/mol. The van der Waals surface area contributed by atoms with Crippen molar-refractivity contribution < 1.29 is 28.7 Å². The minimum atomic E-state index is -0.546. The number of carbonyl (C=O) groups is 4. The second-order valence-electron chi connectivity index (χ2n) is 10.8. The molecule has 1 saturated heterocycles. The lowest BCUT2D eigenvalue weighted by molar-refractivity contribution is -0.145. The van der Waals surface area contributed by atoms with Crippen LogP contribution >= 0.6 is 0 Å². The van der Waals surface area contributed by atoms with Gasteiger partial charge in [0.05, 0.1) is 18.4 Å². The van der Waals surface area contributed by atoms with Crippen molar-refractivity contribution in [2.24, 2.45) is 0 Å². The molecular formula is C28H37N5O6. The maximum Gasteiger partial charge on any atom is 0.410 e. The van der Waals surface area contributed by atoms with Gasteiger partial charge in [0.15, 0.2) is 5.82 Å². The molecule has 0 spiro atoms. The number of amides is 3. The fourth-order valence-corrected chi connectivity index (χ4v) is 4.72. The highest BCUT2D eigenvalue weighted by atomic mass is 16.6. The van der Waals surface area contributed by atoms with Crippen LogP contribution in [0.2, 0.25) is 0 Å². The predicted molar refractivity (Wildman–Crippen MR) is 142 cm³/mol. The smallest absolute Gasteiger partial charge is 0.410 e. The molecule has 1 fully saturated rings. The monoisotopic (exact) mass is 539 g/mol. The lowest BCUT2D eigenvalue weighted by Gasteiger charge is -2.36. The maximum atomic E-state index is 13.2. The molecule has 2 aromatic rings. The molecular weight excluding hydrogens is 502 g/mol. The van der Waals surface area contributed by atoms with Crippen molar-refractivity contribution in [2.75, 3.05) is 19.6 Å². The zero-order valence-electron chi connectivity index (χ0n) is 22.9. The molecule has 0 bridgehead atoms. The number of unbranched alkanes of at least 4 members (excludes halogenated alkanes) is 1. The summed E-state index contributed by atoms with van der Waals surface area (Å²) in [6.45, 7) is 7.39. The number of piperidine rings is 1. The molecule has 2 aliphatic rings. The fourth-order valence-electron chi connectivity index (χ4n) is 4.72. The third-order valence-electron chi connectivity index (χ3n) is 6.73. The molecule has 1 N–H and O–H groups in total. The molecule has 39 heavy (non-hydrogen) atoms. The van der Waals surface area contributed by atoms with E-state index >= 15 is 0 Å². The SMILES string of the molecule is CC(C)(C)OC(=O)N1CCC(N2Cc3cnc(COC(=O)CCCCNC(=O)c4ccccc4)n3C2=O)CC1. The Balaban J connectivity index is 1.17. The Morgan fingerprint density at radius 3 is 2.49 bits per heavy atom. The summed E-state index contributed by atoms with van der Waals surface area (Å²) in [5.74, 6) is -0.121.